The Hall–Kier alpha value is -1.69. The van der Waals surface area contributed by atoms with Crippen molar-refractivity contribution in [3.8, 4) is 0 Å². The highest BCUT2D eigenvalue weighted by atomic mass is 79.9. The van der Waals surface area contributed by atoms with Crippen LogP contribution in [-0.2, 0) is 7.05 Å². The third-order valence-corrected chi connectivity index (χ3v) is 4.44. The van der Waals surface area contributed by atoms with Crippen molar-refractivity contribution in [1.29, 1.82) is 0 Å². The first-order valence-corrected chi connectivity index (χ1v) is 7.36. The van der Waals surface area contributed by atoms with Crippen LogP contribution in [0.1, 0.15) is 24.4 Å². The average molecular weight is 335 g/mol. The van der Waals surface area contributed by atoms with E-state index in [-0.39, 0.29) is 11.6 Å². The van der Waals surface area contributed by atoms with E-state index in [4.69, 9.17) is 0 Å². The molecule has 5 nitrogen and oxygen atoms in total. The molecule has 0 unspecified atom stereocenters. The Kier molecular flexibility index (Phi) is 3.56. The molecule has 20 heavy (non-hydrogen) atoms. The minimum atomic E-state index is -0.112. The van der Waals surface area contributed by atoms with Gasteiger partial charge in [-0.2, -0.15) is 5.10 Å². The standard InChI is InChI=1S/C14H15BrN4O/c1-18-14(20)13(15)12(9-17-18)19-7-3-5-11(19)10-4-2-6-16-8-10/h2,4,6,8-9,11H,3,5,7H2,1H3/t11-/m1/s1. The maximum atomic E-state index is 12.0. The summed E-state index contributed by atoms with van der Waals surface area (Å²) in [4.78, 5) is 18.4. The van der Waals surface area contributed by atoms with Gasteiger partial charge in [-0.05, 0) is 40.4 Å². The first-order valence-electron chi connectivity index (χ1n) is 6.57. The number of anilines is 1. The molecule has 0 aromatic carbocycles. The zero-order valence-electron chi connectivity index (χ0n) is 11.2. The lowest BCUT2D eigenvalue weighted by Crippen LogP contribution is -2.28. The Balaban J connectivity index is 2.02. The summed E-state index contributed by atoms with van der Waals surface area (Å²) in [6, 6.07) is 4.29. The second-order valence-corrected chi connectivity index (χ2v) is 5.70. The van der Waals surface area contributed by atoms with Crippen molar-refractivity contribution in [3.63, 3.8) is 0 Å². The molecule has 0 radical (unpaired) electrons. The third kappa shape index (κ3) is 2.24. The number of nitrogens with zero attached hydrogens (tertiary/aromatic N) is 4. The van der Waals surface area contributed by atoms with E-state index in [1.54, 1.807) is 19.4 Å². The van der Waals surface area contributed by atoms with Crippen LogP contribution < -0.4 is 10.5 Å². The molecule has 1 aliphatic heterocycles. The topological polar surface area (TPSA) is 51.0 Å². The van der Waals surface area contributed by atoms with Gasteiger partial charge >= 0.3 is 0 Å². The SMILES string of the molecule is Cn1ncc(N2CCC[C@@H]2c2cccnc2)c(Br)c1=O. The van der Waals surface area contributed by atoms with Gasteiger partial charge in [-0.25, -0.2) is 4.68 Å². The van der Waals surface area contributed by atoms with Crippen LogP contribution >= 0.6 is 15.9 Å². The molecule has 0 amide bonds. The van der Waals surface area contributed by atoms with E-state index in [2.05, 4.69) is 37.0 Å². The Labute approximate surface area is 125 Å². The molecule has 0 spiro atoms. The third-order valence-electron chi connectivity index (χ3n) is 3.69. The monoisotopic (exact) mass is 334 g/mol. The number of aromatic nitrogens is 3. The molecule has 104 valence electrons. The van der Waals surface area contributed by atoms with E-state index in [9.17, 15) is 4.79 Å². The first-order chi connectivity index (χ1) is 9.68. The average Bonchev–Trinajstić information content (AvgIpc) is 2.95. The summed E-state index contributed by atoms with van der Waals surface area (Å²) in [6.07, 6.45) is 7.58. The Morgan fingerprint density at radius 2 is 2.25 bits per heavy atom. The van der Waals surface area contributed by atoms with Gasteiger partial charge in [0.05, 0.1) is 17.9 Å². The molecule has 1 fully saturated rings. The molecule has 1 aliphatic rings. The minimum absolute atomic E-state index is 0.112. The lowest BCUT2D eigenvalue weighted by atomic mass is 10.1. The normalized spacial score (nSPS) is 18.5. The zero-order chi connectivity index (χ0) is 14.1. The zero-order valence-corrected chi connectivity index (χ0v) is 12.7. The predicted molar refractivity (Wildman–Crippen MR) is 80.7 cm³/mol. The van der Waals surface area contributed by atoms with E-state index in [0.29, 0.717) is 4.47 Å². The van der Waals surface area contributed by atoms with E-state index in [1.807, 2.05) is 12.3 Å². The van der Waals surface area contributed by atoms with Crippen LogP contribution in [0.5, 0.6) is 0 Å². The van der Waals surface area contributed by atoms with Gasteiger partial charge in [0.1, 0.15) is 4.47 Å². The van der Waals surface area contributed by atoms with Gasteiger partial charge in [0, 0.05) is 26.0 Å². The van der Waals surface area contributed by atoms with Crippen LogP contribution in [-0.4, -0.2) is 21.3 Å². The fourth-order valence-electron chi connectivity index (χ4n) is 2.68. The van der Waals surface area contributed by atoms with Gasteiger partial charge in [-0.3, -0.25) is 9.78 Å². The summed E-state index contributed by atoms with van der Waals surface area (Å²) in [5, 5.41) is 4.13. The van der Waals surface area contributed by atoms with Gasteiger partial charge in [0.15, 0.2) is 0 Å². The molecule has 6 heteroatoms. The van der Waals surface area contributed by atoms with E-state index < -0.39 is 0 Å². The first kappa shape index (κ1) is 13.3. The van der Waals surface area contributed by atoms with Gasteiger partial charge in [0.2, 0.25) is 0 Å². The molecule has 0 bridgehead atoms. The number of rotatable bonds is 2. The summed E-state index contributed by atoms with van der Waals surface area (Å²) in [5.74, 6) is 0. The maximum Gasteiger partial charge on any atom is 0.282 e. The van der Waals surface area contributed by atoms with E-state index >= 15 is 0 Å². The van der Waals surface area contributed by atoms with Gasteiger partial charge < -0.3 is 4.90 Å². The number of hydrogen-bond acceptors (Lipinski definition) is 4. The predicted octanol–water partition coefficient (Wildman–Crippen LogP) is 2.28. The molecule has 3 rings (SSSR count). The van der Waals surface area contributed by atoms with Crippen LogP contribution in [0, 0.1) is 0 Å². The quantitative estimate of drug-likeness (QED) is 0.845. The molecular formula is C14H15BrN4O. The Bertz CT molecular complexity index is 671. The van der Waals surface area contributed by atoms with Crippen molar-refractivity contribution in [2.24, 2.45) is 7.05 Å². The van der Waals surface area contributed by atoms with Crippen LogP contribution in [0.2, 0.25) is 0 Å². The molecule has 0 N–H and O–H groups in total. The number of aryl methyl sites for hydroxylation is 1. The second-order valence-electron chi connectivity index (χ2n) is 4.91. The van der Waals surface area contributed by atoms with Crippen LogP contribution in [0.4, 0.5) is 5.69 Å². The molecule has 3 heterocycles. The van der Waals surface area contributed by atoms with Crippen LogP contribution in [0.15, 0.2) is 40.0 Å². The Morgan fingerprint density at radius 1 is 1.40 bits per heavy atom. The summed E-state index contributed by atoms with van der Waals surface area (Å²) in [7, 11) is 1.65. The summed E-state index contributed by atoms with van der Waals surface area (Å²) < 4.78 is 1.91. The van der Waals surface area contributed by atoms with E-state index in [1.165, 1.54) is 10.2 Å². The molecule has 2 aromatic rings. The van der Waals surface area contributed by atoms with Gasteiger partial charge in [0.25, 0.3) is 5.56 Å². The highest BCUT2D eigenvalue weighted by Gasteiger charge is 2.28. The van der Waals surface area contributed by atoms with Crippen molar-refractivity contribution in [2.75, 3.05) is 11.4 Å². The van der Waals surface area contributed by atoms with Gasteiger partial charge in [-0.15, -0.1) is 0 Å². The fraction of sp³-hybridized carbons (Fsp3) is 0.357. The minimum Gasteiger partial charge on any atom is -0.362 e. The van der Waals surface area contributed by atoms with Crippen LogP contribution in [0.25, 0.3) is 0 Å². The smallest absolute Gasteiger partial charge is 0.282 e. The maximum absolute atomic E-state index is 12.0. The molecular weight excluding hydrogens is 320 g/mol. The number of halogens is 1. The lowest BCUT2D eigenvalue weighted by molar-refractivity contribution is 0.679. The van der Waals surface area contributed by atoms with Gasteiger partial charge in [-0.1, -0.05) is 6.07 Å². The molecule has 0 aliphatic carbocycles. The molecule has 1 saturated heterocycles. The molecule has 1 atom stereocenters. The fourth-order valence-corrected chi connectivity index (χ4v) is 3.26. The largest absolute Gasteiger partial charge is 0.362 e. The molecule has 2 aromatic heterocycles. The second kappa shape index (κ2) is 5.36. The van der Waals surface area contributed by atoms with Crippen molar-refractivity contribution in [3.05, 3.63) is 51.1 Å². The van der Waals surface area contributed by atoms with E-state index in [0.717, 1.165) is 25.1 Å². The van der Waals surface area contributed by atoms with Crippen molar-refractivity contribution >= 4 is 21.6 Å². The van der Waals surface area contributed by atoms with Crippen molar-refractivity contribution < 1.29 is 0 Å². The molecule has 0 saturated carbocycles. The number of pyridine rings is 1. The van der Waals surface area contributed by atoms with Crippen molar-refractivity contribution in [1.82, 2.24) is 14.8 Å². The van der Waals surface area contributed by atoms with Crippen molar-refractivity contribution in [2.45, 2.75) is 18.9 Å². The highest BCUT2D eigenvalue weighted by Crippen LogP contribution is 2.37. The van der Waals surface area contributed by atoms with Crippen LogP contribution in [0.3, 0.4) is 0 Å². The summed E-state index contributed by atoms with van der Waals surface area (Å²) in [6.45, 7) is 0.924. The lowest BCUT2D eigenvalue weighted by Gasteiger charge is -2.27. The summed E-state index contributed by atoms with van der Waals surface area (Å²) in [5.41, 5.74) is 1.93. The highest BCUT2D eigenvalue weighted by molar-refractivity contribution is 9.10. The Morgan fingerprint density at radius 3 is 3.00 bits per heavy atom. The summed E-state index contributed by atoms with van der Waals surface area (Å²) >= 11 is 3.41. The number of hydrogen-bond donors (Lipinski definition) is 0.